The number of aryl methyl sites for hydroxylation is 2. The third-order valence-corrected chi connectivity index (χ3v) is 5.89. The van der Waals surface area contributed by atoms with Crippen LogP contribution in [0, 0.1) is 13.8 Å². The van der Waals surface area contributed by atoms with Crippen LogP contribution >= 0.6 is 0 Å². The summed E-state index contributed by atoms with van der Waals surface area (Å²) in [7, 11) is 0. The first-order chi connectivity index (χ1) is 16.8. The van der Waals surface area contributed by atoms with E-state index >= 15 is 0 Å². The van der Waals surface area contributed by atoms with Gasteiger partial charge in [-0.05, 0) is 63.9 Å². The zero-order valence-electron chi connectivity index (χ0n) is 20.8. The van der Waals surface area contributed by atoms with Gasteiger partial charge in [0.25, 0.3) is 5.56 Å². The zero-order chi connectivity index (χ0) is 25.1. The molecule has 4 rings (SSSR count). The Morgan fingerprint density at radius 2 is 1.71 bits per heavy atom. The Morgan fingerprint density at radius 3 is 2.34 bits per heavy atom. The van der Waals surface area contributed by atoms with Gasteiger partial charge in [-0.3, -0.25) is 9.59 Å². The lowest BCUT2D eigenvalue weighted by atomic mass is 10.1. The lowest BCUT2D eigenvalue weighted by Gasteiger charge is -2.17. The Balaban J connectivity index is 1.60. The minimum atomic E-state index is -0.728. The molecule has 2 heterocycles. The predicted molar refractivity (Wildman–Crippen MR) is 136 cm³/mol. The molecule has 0 fully saturated rings. The van der Waals surface area contributed by atoms with Crippen molar-refractivity contribution in [3.8, 4) is 11.4 Å². The summed E-state index contributed by atoms with van der Waals surface area (Å²) in [6, 6.07) is 16.5. The van der Waals surface area contributed by atoms with E-state index < -0.39 is 6.04 Å². The SMILES string of the molecule is CCC(C(=O)NCc1ccc(OC(C)C)cc1)n1nc(C)c2nn(-c3ccccc3)c(C)c2c1=O. The molecule has 35 heavy (non-hydrogen) atoms. The number of nitrogens with zero attached hydrogens (tertiary/aromatic N) is 4. The molecule has 4 aromatic rings. The van der Waals surface area contributed by atoms with E-state index in [1.807, 2.05) is 89.2 Å². The molecular formula is C27H31N5O3. The van der Waals surface area contributed by atoms with Crippen molar-refractivity contribution >= 4 is 16.8 Å². The first kappa shape index (κ1) is 24.2. The molecule has 0 saturated heterocycles. The van der Waals surface area contributed by atoms with Crippen LogP contribution in [0.25, 0.3) is 16.6 Å². The number of ether oxygens (including phenoxy) is 1. The molecule has 182 valence electrons. The van der Waals surface area contributed by atoms with Gasteiger partial charge in [-0.25, -0.2) is 9.36 Å². The molecule has 0 spiro atoms. The number of hydrogen-bond acceptors (Lipinski definition) is 5. The molecule has 2 aromatic carbocycles. The van der Waals surface area contributed by atoms with Gasteiger partial charge in [-0.1, -0.05) is 37.3 Å². The number of carbonyl (C=O) groups excluding carboxylic acids is 1. The molecule has 1 atom stereocenters. The van der Waals surface area contributed by atoms with E-state index in [4.69, 9.17) is 4.74 Å². The second kappa shape index (κ2) is 10.1. The molecule has 0 saturated carbocycles. The predicted octanol–water partition coefficient (Wildman–Crippen LogP) is 4.25. The maximum Gasteiger partial charge on any atom is 0.278 e. The number of hydrogen-bond donors (Lipinski definition) is 1. The van der Waals surface area contributed by atoms with Crippen molar-refractivity contribution in [2.75, 3.05) is 0 Å². The highest BCUT2D eigenvalue weighted by atomic mass is 16.5. The molecule has 2 aromatic heterocycles. The lowest BCUT2D eigenvalue weighted by molar-refractivity contribution is -0.125. The Bertz CT molecular complexity index is 1390. The van der Waals surface area contributed by atoms with Gasteiger partial charge in [-0.2, -0.15) is 10.2 Å². The fourth-order valence-electron chi connectivity index (χ4n) is 4.15. The Hall–Kier alpha value is -3.94. The normalized spacial score (nSPS) is 12.2. The third-order valence-electron chi connectivity index (χ3n) is 5.89. The van der Waals surface area contributed by atoms with E-state index in [1.165, 1.54) is 4.68 Å². The van der Waals surface area contributed by atoms with Crippen molar-refractivity contribution in [1.29, 1.82) is 0 Å². The molecule has 1 amide bonds. The smallest absolute Gasteiger partial charge is 0.278 e. The number of benzene rings is 2. The van der Waals surface area contributed by atoms with Crippen molar-refractivity contribution in [2.45, 2.75) is 59.7 Å². The maximum atomic E-state index is 13.5. The number of nitrogens with one attached hydrogen (secondary N) is 1. The van der Waals surface area contributed by atoms with Crippen LogP contribution in [0.2, 0.25) is 0 Å². The quantitative estimate of drug-likeness (QED) is 0.413. The van der Waals surface area contributed by atoms with E-state index in [0.717, 1.165) is 22.7 Å². The van der Waals surface area contributed by atoms with Crippen molar-refractivity contribution in [1.82, 2.24) is 24.9 Å². The van der Waals surface area contributed by atoms with Gasteiger partial charge in [0.1, 0.15) is 17.3 Å². The Labute approximate surface area is 204 Å². The molecule has 0 aliphatic rings. The summed E-state index contributed by atoms with van der Waals surface area (Å²) in [5.74, 6) is 0.531. The highest BCUT2D eigenvalue weighted by molar-refractivity contribution is 5.84. The molecule has 0 bridgehead atoms. The van der Waals surface area contributed by atoms with Gasteiger partial charge in [0.05, 0.1) is 28.6 Å². The fourth-order valence-corrected chi connectivity index (χ4v) is 4.15. The van der Waals surface area contributed by atoms with Crippen LogP contribution in [-0.4, -0.2) is 31.6 Å². The minimum absolute atomic E-state index is 0.0981. The summed E-state index contributed by atoms with van der Waals surface area (Å²) in [5.41, 5.74) is 3.35. The lowest BCUT2D eigenvalue weighted by Crippen LogP contribution is -2.38. The first-order valence-corrected chi connectivity index (χ1v) is 11.9. The number of aromatic nitrogens is 4. The molecule has 1 unspecified atom stereocenters. The molecule has 8 heteroatoms. The Morgan fingerprint density at radius 1 is 1.03 bits per heavy atom. The van der Waals surface area contributed by atoms with Gasteiger partial charge in [0.15, 0.2) is 0 Å². The van der Waals surface area contributed by atoms with Crippen LogP contribution in [0.3, 0.4) is 0 Å². The third kappa shape index (κ3) is 4.96. The summed E-state index contributed by atoms with van der Waals surface area (Å²) in [6.07, 6.45) is 0.525. The summed E-state index contributed by atoms with van der Waals surface area (Å²) < 4.78 is 8.72. The zero-order valence-corrected chi connectivity index (χ0v) is 20.8. The minimum Gasteiger partial charge on any atom is -0.491 e. The van der Waals surface area contributed by atoms with Crippen LogP contribution in [0.4, 0.5) is 0 Å². The second-order valence-corrected chi connectivity index (χ2v) is 8.84. The fraction of sp³-hybridized carbons (Fsp3) is 0.333. The molecule has 0 aliphatic carbocycles. The number of para-hydroxylation sites is 1. The van der Waals surface area contributed by atoms with Crippen LogP contribution < -0.4 is 15.6 Å². The van der Waals surface area contributed by atoms with Gasteiger partial charge in [0.2, 0.25) is 5.91 Å². The van der Waals surface area contributed by atoms with Crippen LogP contribution in [0.15, 0.2) is 59.4 Å². The highest BCUT2D eigenvalue weighted by Gasteiger charge is 2.25. The number of amides is 1. The molecular weight excluding hydrogens is 442 g/mol. The standard InChI is InChI=1S/C27H31N5O3/c1-6-23(26(33)28-16-20-12-14-22(15-13-20)35-17(2)3)32-27(34)24-19(5)31(21-10-8-7-9-11-21)30-25(24)18(4)29-32/h7-15,17,23H,6,16H2,1-5H3,(H,28,33). The second-order valence-electron chi connectivity index (χ2n) is 8.84. The average molecular weight is 474 g/mol. The van der Waals surface area contributed by atoms with Crippen molar-refractivity contribution in [2.24, 2.45) is 0 Å². The summed E-state index contributed by atoms with van der Waals surface area (Å²) in [4.78, 5) is 26.6. The van der Waals surface area contributed by atoms with Crippen LogP contribution in [0.5, 0.6) is 5.75 Å². The largest absolute Gasteiger partial charge is 0.491 e. The van der Waals surface area contributed by atoms with E-state index in [-0.39, 0.29) is 17.6 Å². The summed E-state index contributed by atoms with van der Waals surface area (Å²) in [5, 5.41) is 12.6. The van der Waals surface area contributed by atoms with Gasteiger partial charge < -0.3 is 10.1 Å². The van der Waals surface area contributed by atoms with Crippen LogP contribution in [0.1, 0.15) is 50.2 Å². The van der Waals surface area contributed by atoms with E-state index in [0.29, 0.717) is 29.6 Å². The van der Waals surface area contributed by atoms with Gasteiger partial charge >= 0.3 is 0 Å². The average Bonchev–Trinajstić information content (AvgIpc) is 3.20. The van der Waals surface area contributed by atoms with Crippen molar-refractivity contribution in [3.63, 3.8) is 0 Å². The van der Waals surface area contributed by atoms with E-state index in [2.05, 4.69) is 15.5 Å². The Kier molecular flexibility index (Phi) is 7.00. The van der Waals surface area contributed by atoms with E-state index in [9.17, 15) is 9.59 Å². The number of carbonyl (C=O) groups is 1. The van der Waals surface area contributed by atoms with E-state index in [1.54, 1.807) is 4.68 Å². The van der Waals surface area contributed by atoms with Crippen LogP contribution in [-0.2, 0) is 11.3 Å². The van der Waals surface area contributed by atoms with Gasteiger partial charge in [-0.15, -0.1) is 0 Å². The summed E-state index contributed by atoms with van der Waals surface area (Å²) in [6.45, 7) is 9.84. The number of rotatable bonds is 8. The summed E-state index contributed by atoms with van der Waals surface area (Å²) >= 11 is 0. The maximum absolute atomic E-state index is 13.5. The van der Waals surface area contributed by atoms with Crippen molar-refractivity contribution in [3.05, 3.63) is 81.9 Å². The van der Waals surface area contributed by atoms with Crippen molar-refractivity contribution < 1.29 is 9.53 Å². The number of fused-ring (bicyclic) bond motifs is 1. The monoisotopic (exact) mass is 473 g/mol. The van der Waals surface area contributed by atoms with Gasteiger partial charge in [0, 0.05) is 6.54 Å². The first-order valence-electron chi connectivity index (χ1n) is 11.9. The molecule has 0 aliphatic heterocycles. The highest BCUT2D eigenvalue weighted by Crippen LogP contribution is 2.21. The molecule has 8 nitrogen and oxygen atoms in total. The molecule has 1 N–H and O–H groups in total. The molecule has 0 radical (unpaired) electrons. The topological polar surface area (TPSA) is 91.0 Å².